The number of hydrogen-bond donors (Lipinski definition) is 0. The van der Waals surface area contributed by atoms with Crippen molar-refractivity contribution in [2.75, 3.05) is 13.1 Å². The monoisotopic (exact) mass is 309 g/mol. The van der Waals surface area contributed by atoms with E-state index < -0.39 is 0 Å². The van der Waals surface area contributed by atoms with Gasteiger partial charge in [0.1, 0.15) is 0 Å². The van der Waals surface area contributed by atoms with Gasteiger partial charge in [-0.15, -0.1) is 0 Å². The highest BCUT2D eigenvalue weighted by atomic mass is 15.3. The lowest BCUT2D eigenvalue weighted by molar-refractivity contribution is 0.163. The Bertz CT molecular complexity index is 723. The lowest BCUT2D eigenvalue weighted by Gasteiger charge is -2.33. The fourth-order valence-corrected chi connectivity index (χ4v) is 4.54. The minimum absolute atomic E-state index is 0.641. The minimum Gasteiger partial charge on any atom is -0.296 e. The lowest BCUT2D eigenvalue weighted by Crippen LogP contribution is -2.32. The fraction of sp³-hybridized carbons (Fsp3) is 0.550. The van der Waals surface area contributed by atoms with Gasteiger partial charge in [0.2, 0.25) is 0 Å². The summed E-state index contributed by atoms with van der Waals surface area (Å²) in [6.07, 6.45) is 6.68. The zero-order valence-electron chi connectivity index (χ0n) is 14.6. The largest absolute Gasteiger partial charge is 0.296 e. The molecule has 0 bridgehead atoms. The van der Waals surface area contributed by atoms with Crippen molar-refractivity contribution in [3.8, 4) is 11.1 Å². The molecule has 0 amide bonds. The molecule has 1 fully saturated rings. The summed E-state index contributed by atoms with van der Waals surface area (Å²) in [6.45, 7) is 6.85. The Morgan fingerprint density at radius 1 is 1.09 bits per heavy atom. The molecule has 1 aliphatic heterocycles. The van der Waals surface area contributed by atoms with Crippen LogP contribution in [0.4, 0.5) is 0 Å². The van der Waals surface area contributed by atoms with Gasteiger partial charge in [0.05, 0.1) is 5.69 Å². The number of fused-ring (bicyclic) bond motifs is 1. The molecule has 3 nitrogen and oxygen atoms in total. The van der Waals surface area contributed by atoms with Gasteiger partial charge in [-0.2, -0.15) is 5.10 Å². The second-order valence-electron chi connectivity index (χ2n) is 7.23. The molecule has 4 rings (SSSR count). The van der Waals surface area contributed by atoms with Crippen LogP contribution in [0.2, 0.25) is 0 Å². The topological polar surface area (TPSA) is 21.1 Å². The van der Waals surface area contributed by atoms with E-state index in [0.29, 0.717) is 6.04 Å². The van der Waals surface area contributed by atoms with Crippen molar-refractivity contribution < 1.29 is 0 Å². The number of rotatable bonds is 2. The van der Waals surface area contributed by atoms with Crippen LogP contribution in [0, 0.1) is 13.8 Å². The van der Waals surface area contributed by atoms with Crippen LogP contribution in [0.3, 0.4) is 0 Å². The van der Waals surface area contributed by atoms with E-state index in [1.54, 1.807) is 11.1 Å². The van der Waals surface area contributed by atoms with Crippen LogP contribution in [0.5, 0.6) is 0 Å². The fourth-order valence-electron chi connectivity index (χ4n) is 4.54. The van der Waals surface area contributed by atoms with Crippen molar-refractivity contribution >= 4 is 0 Å². The highest BCUT2D eigenvalue weighted by molar-refractivity contribution is 5.70. The molecule has 0 saturated carbocycles. The number of nitrogens with zero attached hydrogens (tertiary/aromatic N) is 3. The van der Waals surface area contributed by atoms with Gasteiger partial charge in [-0.05, 0) is 75.4 Å². The highest BCUT2D eigenvalue weighted by Gasteiger charge is 2.29. The average molecular weight is 309 g/mol. The smallest absolute Gasteiger partial charge is 0.0674 e. The Labute approximate surface area is 139 Å². The molecule has 3 heteroatoms. The molecule has 2 aliphatic rings. The van der Waals surface area contributed by atoms with E-state index in [1.807, 2.05) is 11.7 Å². The maximum atomic E-state index is 4.60. The molecule has 0 spiro atoms. The normalized spacial score (nSPS) is 21.6. The third-order valence-electron chi connectivity index (χ3n) is 5.82. The van der Waals surface area contributed by atoms with E-state index in [-0.39, 0.29) is 0 Å². The van der Waals surface area contributed by atoms with Crippen molar-refractivity contribution in [2.45, 2.75) is 52.0 Å². The van der Waals surface area contributed by atoms with Crippen molar-refractivity contribution in [1.82, 2.24) is 14.7 Å². The second kappa shape index (κ2) is 5.79. The maximum absolute atomic E-state index is 4.60. The lowest BCUT2D eigenvalue weighted by atomic mass is 9.97. The standard InChI is InChI=1S/C20H27N3/c1-14-20(15(2)22(3)21-14)17-8-7-16-9-10-19(18(16)13-17)23-11-5-4-6-12-23/h7-8,13,19H,4-6,9-12H2,1-3H3. The molecule has 1 atom stereocenters. The number of aromatic nitrogens is 2. The number of likely N-dealkylation sites (tertiary alicyclic amines) is 1. The van der Waals surface area contributed by atoms with E-state index in [4.69, 9.17) is 0 Å². The molecule has 23 heavy (non-hydrogen) atoms. The molecule has 1 aliphatic carbocycles. The second-order valence-corrected chi connectivity index (χ2v) is 7.23. The van der Waals surface area contributed by atoms with Crippen LogP contribution in [0.25, 0.3) is 11.1 Å². The minimum atomic E-state index is 0.641. The van der Waals surface area contributed by atoms with Crippen molar-refractivity contribution in [3.05, 3.63) is 40.7 Å². The van der Waals surface area contributed by atoms with E-state index in [0.717, 1.165) is 5.69 Å². The Morgan fingerprint density at radius 2 is 1.87 bits per heavy atom. The first-order valence-corrected chi connectivity index (χ1v) is 9.02. The summed E-state index contributed by atoms with van der Waals surface area (Å²) in [5.74, 6) is 0. The van der Waals surface area contributed by atoms with Gasteiger partial charge in [0.15, 0.2) is 0 Å². The summed E-state index contributed by atoms with van der Waals surface area (Å²) in [6, 6.07) is 7.76. The zero-order valence-corrected chi connectivity index (χ0v) is 14.6. The Kier molecular flexibility index (Phi) is 3.76. The number of benzene rings is 1. The third-order valence-corrected chi connectivity index (χ3v) is 5.82. The molecule has 0 N–H and O–H groups in total. The van der Waals surface area contributed by atoms with Gasteiger partial charge < -0.3 is 0 Å². The molecular weight excluding hydrogens is 282 g/mol. The predicted octanol–water partition coefficient (Wildman–Crippen LogP) is 4.18. The van der Waals surface area contributed by atoms with E-state index >= 15 is 0 Å². The zero-order chi connectivity index (χ0) is 16.0. The number of piperidine rings is 1. The molecule has 122 valence electrons. The van der Waals surface area contributed by atoms with Crippen molar-refractivity contribution in [2.24, 2.45) is 7.05 Å². The van der Waals surface area contributed by atoms with Crippen LogP contribution in [-0.4, -0.2) is 27.8 Å². The maximum Gasteiger partial charge on any atom is 0.0674 e. The Balaban J connectivity index is 1.72. The summed E-state index contributed by atoms with van der Waals surface area (Å²) < 4.78 is 2.00. The van der Waals surface area contributed by atoms with Crippen LogP contribution < -0.4 is 0 Å². The first-order chi connectivity index (χ1) is 11.1. The quantitative estimate of drug-likeness (QED) is 0.830. The third kappa shape index (κ3) is 2.51. The van der Waals surface area contributed by atoms with Crippen molar-refractivity contribution in [1.29, 1.82) is 0 Å². The van der Waals surface area contributed by atoms with Crippen LogP contribution in [0.15, 0.2) is 18.2 Å². The summed E-state index contributed by atoms with van der Waals surface area (Å²) in [4.78, 5) is 2.72. The predicted molar refractivity (Wildman–Crippen MR) is 94.6 cm³/mol. The van der Waals surface area contributed by atoms with Gasteiger partial charge in [0.25, 0.3) is 0 Å². The molecule has 0 radical (unpaired) electrons. The van der Waals surface area contributed by atoms with E-state index in [1.165, 1.54) is 62.0 Å². The average Bonchev–Trinajstić information content (AvgIpc) is 3.09. The van der Waals surface area contributed by atoms with Gasteiger partial charge in [-0.3, -0.25) is 9.58 Å². The van der Waals surface area contributed by atoms with Crippen LogP contribution >= 0.6 is 0 Å². The summed E-state index contributed by atoms with van der Waals surface area (Å²) >= 11 is 0. The Morgan fingerprint density at radius 3 is 2.57 bits per heavy atom. The first kappa shape index (κ1) is 14.9. The van der Waals surface area contributed by atoms with Gasteiger partial charge in [-0.25, -0.2) is 0 Å². The van der Waals surface area contributed by atoms with Crippen LogP contribution in [0.1, 0.15) is 54.2 Å². The molecule has 1 saturated heterocycles. The highest BCUT2D eigenvalue weighted by Crippen LogP contribution is 2.40. The molecule has 2 aromatic rings. The number of hydrogen-bond acceptors (Lipinski definition) is 2. The SMILES string of the molecule is Cc1nn(C)c(C)c1-c1ccc2c(c1)C(N1CCCCC1)CC2. The van der Waals surface area contributed by atoms with E-state index in [2.05, 4.69) is 42.0 Å². The molecule has 1 unspecified atom stereocenters. The Hall–Kier alpha value is -1.61. The summed E-state index contributed by atoms with van der Waals surface area (Å²) in [5, 5.41) is 4.60. The van der Waals surface area contributed by atoms with E-state index in [9.17, 15) is 0 Å². The van der Waals surface area contributed by atoms with Crippen LogP contribution in [-0.2, 0) is 13.5 Å². The van der Waals surface area contributed by atoms with Gasteiger partial charge in [-0.1, -0.05) is 18.6 Å². The summed E-state index contributed by atoms with van der Waals surface area (Å²) in [7, 11) is 2.04. The molecular formula is C20H27N3. The molecule has 1 aromatic carbocycles. The van der Waals surface area contributed by atoms with Gasteiger partial charge >= 0.3 is 0 Å². The molecule has 1 aromatic heterocycles. The van der Waals surface area contributed by atoms with Crippen molar-refractivity contribution in [3.63, 3.8) is 0 Å². The number of aryl methyl sites for hydroxylation is 3. The molecule has 2 heterocycles. The summed E-state index contributed by atoms with van der Waals surface area (Å²) in [5.41, 5.74) is 8.19. The first-order valence-electron chi connectivity index (χ1n) is 9.02. The van der Waals surface area contributed by atoms with Gasteiger partial charge in [0, 0.05) is 24.3 Å².